The van der Waals surface area contributed by atoms with E-state index in [9.17, 15) is 5.26 Å². The third-order valence-electron chi connectivity index (χ3n) is 2.73. The molecule has 0 radical (unpaired) electrons. The zero-order chi connectivity index (χ0) is 12.4. The van der Waals surface area contributed by atoms with E-state index in [1.807, 2.05) is 19.1 Å². The lowest BCUT2D eigenvalue weighted by molar-refractivity contribution is 0.419. The zero-order valence-corrected chi connectivity index (χ0v) is 10.0. The van der Waals surface area contributed by atoms with Crippen LogP contribution in [0.25, 0.3) is 10.9 Å². The number of ether oxygens (including phenoxy) is 1. The Morgan fingerprint density at radius 2 is 2.18 bits per heavy atom. The third-order valence-corrected chi connectivity index (χ3v) is 2.73. The number of aromatic nitrogens is 1. The molecular formula is C13H13N3O. The summed E-state index contributed by atoms with van der Waals surface area (Å²) in [7, 11) is 3.38. The van der Waals surface area contributed by atoms with E-state index >= 15 is 0 Å². The molecule has 2 aromatic rings. The maximum Gasteiger partial charge on any atom is 0.145 e. The van der Waals surface area contributed by atoms with Gasteiger partial charge in [-0.2, -0.15) is 5.26 Å². The first kappa shape index (κ1) is 11.2. The first-order valence-corrected chi connectivity index (χ1v) is 5.27. The van der Waals surface area contributed by atoms with Crippen LogP contribution in [0.1, 0.15) is 11.1 Å². The van der Waals surface area contributed by atoms with E-state index < -0.39 is 0 Å². The summed E-state index contributed by atoms with van der Waals surface area (Å²) in [5.41, 5.74) is 2.35. The number of benzene rings is 1. The molecule has 4 nitrogen and oxygen atoms in total. The van der Waals surface area contributed by atoms with Gasteiger partial charge in [0.2, 0.25) is 0 Å². The Morgan fingerprint density at radius 1 is 1.41 bits per heavy atom. The summed E-state index contributed by atoms with van der Waals surface area (Å²) >= 11 is 0. The number of aryl methyl sites for hydroxylation is 1. The SMILES string of the molecule is CNc1cc(C#N)c2c(C)ccc(OC)c2n1. The van der Waals surface area contributed by atoms with Gasteiger partial charge in [-0.15, -0.1) is 0 Å². The molecule has 2 rings (SSSR count). The van der Waals surface area contributed by atoms with Crippen LogP contribution in [0.2, 0.25) is 0 Å². The van der Waals surface area contributed by atoms with Crippen molar-refractivity contribution in [3.8, 4) is 11.8 Å². The molecule has 1 aromatic carbocycles. The third kappa shape index (κ3) is 1.76. The molecule has 1 heterocycles. The fourth-order valence-corrected chi connectivity index (χ4v) is 1.87. The summed E-state index contributed by atoms with van der Waals surface area (Å²) in [5.74, 6) is 1.34. The maximum atomic E-state index is 9.20. The molecule has 0 saturated heterocycles. The lowest BCUT2D eigenvalue weighted by Crippen LogP contribution is -1.97. The van der Waals surface area contributed by atoms with Crippen molar-refractivity contribution >= 4 is 16.7 Å². The zero-order valence-electron chi connectivity index (χ0n) is 10.0. The Bertz CT molecular complexity index is 614. The van der Waals surface area contributed by atoms with Gasteiger partial charge in [-0.3, -0.25) is 0 Å². The van der Waals surface area contributed by atoms with Gasteiger partial charge in [-0.05, 0) is 24.6 Å². The number of hydrogen-bond donors (Lipinski definition) is 1. The van der Waals surface area contributed by atoms with Crippen LogP contribution in [0, 0.1) is 18.3 Å². The number of nitrogens with one attached hydrogen (secondary N) is 1. The molecule has 17 heavy (non-hydrogen) atoms. The predicted octanol–water partition coefficient (Wildman–Crippen LogP) is 2.47. The first-order chi connectivity index (χ1) is 8.21. The van der Waals surface area contributed by atoms with E-state index in [1.165, 1.54) is 0 Å². The number of fused-ring (bicyclic) bond motifs is 1. The van der Waals surface area contributed by atoms with Crippen molar-refractivity contribution in [1.29, 1.82) is 5.26 Å². The largest absolute Gasteiger partial charge is 0.494 e. The molecule has 4 heteroatoms. The van der Waals surface area contributed by atoms with Crippen LogP contribution >= 0.6 is 0 Å². The van der Waals surface area contributed by atoms with E-state index in [1.54, 1.807) is 20.2 Å². The topological polar surface area (TPSA) is 57.9 Å². The summed E-state index contributed by atoms with van der Waals surface area (Å²) < 4.78 is 5.28. The lowest BCUT2D eigenvalue weighted by atomic mass is 10.0. The van der Waals surface area contributed by atoms with Gasteiger partial charge in [0.25, 0.3) is 0 Å². The van der Waals surface area contributed by atoms with Gasteiger partial charge in [0.05, 0.1) is 18.7 Å². The Balaban J connectivity index is 2.93. The molecule has 0 aliphatic heterocycles. The van der Waals surface area contributed by atoms with Gasteiger partial charge in [0.15, 0.2) is 0 Å². The second-order valence-electron chi connectivity index (χ2n) is 3.73. The first-order valence-electron chi connectivity index (χ1n) is 5.27. The van der Waals surface area contributed by atoms with E-state index in [0.717, 1.165) is 16.5 Å². The normalized spacial score (nSPS) is 10.0. The Labute approximate surface area is 99.8 Å². The smallest absolute Gasteiger partial charge is 0.145 e. The molecule has 0 saturated carbocycles. The average Bonchev–Trinajstić information content (AvgIpc) is 2.37. The molecule has 0 unspecified atom stereocenters. The molecule has 0 spiro atoms. The minimum Gasteiger partial charge on any atom is -0.494 e. The quantitative estimate of drug-likeness (QED) is 0.856. The highest BCUT2D eigenvalue weighted by atomic mass is 16.5. The average molecular weight is 227 g/mol. The number of rotatable bonds is 2. The summed E-state index contributed by atoms with van der Waals surface area (Å²) in [6.07, 6.45) is 0. The number of hydrogen-bond acceptors (Lipinski definition) is 4. The van der Waals surface area contributed by atoms with Crippen molar-refractivity contribution in [2.75, 3.05) is 19.5 Å². The summed E-state index contributed by atoms with van der Waals surface area (Å²) in [6.45, 7) is 1.96. The standard InChI is InChI=1S/C13H13N3O/c1-8-4-5-10(17-3)13-12(8)9(7-14)6-11(15-2)16-13/h4-6H,1-3H3,(H,15,16). The second kappa shape index (κ2) is 4.30. The molecular weight excluding hydrogens is 214 g/mol. The van der Waals surface area contributed by atoms with Gasteiger partial charge in [0, 0.05) is 12.4 Å². The minimum atomic E-state index is 0.607. The van der Waals surface area contributed by atoms with Gasteiger partial charge in [-0.25, -0.2) is 4.98 Å². The van der Waals surface area contributed by atoms with Crippen molar-refractivity contribution in [2.45, 2.75) is 6.92 Å². The number of nitriles is 1. The highest BCUT2D eigenvalue weighted by molar-refractivity contribution is 5.93. The summed E-state index contributed by atoms with van der Waals surface area (Å²) in [5, 5.41) is 13.0. The Kier molecular flexibility index (Phi) is 2.84. The van der Waals surface area contributed by atoms with Crippen molar-refractivity contribution in [3.63, 3.8) is 0 Å². The molecule has 86 valence electrons. The Morgan fingerprint density at radius 3 is 2.76 bits per heavy atom. The van der Waals surface area contributed by atoms with Crippen LogP contribution in [0.15, 0.2) is 18.2 Å². The van der Waals surface area contributed by atoms with E-state index in [-0.39, 0.29) is 0 Å². The monoisotopic (exact) mass is 227 g/mol. The number of nitrogens with zero attached hydrogens (tertiary/aromatic N) is 2. The van der Waals surface area contributed by atoms with E-state index in [4.69, 9.17) is 4.74 Å². The van der Waals surface area contributed by atoms with Crippen molar-refractivity contribution in [2.24, 2.45) is 0 Å². The van der Waals surface area contributed by atoms with Gasteiger partial charge >= 0.3 is 0 Å². The molecule has 0 aliphatic rings. The highest BCUT2D eigenvalue weighted by Crippen LogP contribution is 2.30. The van der Waals surface area contributed by atoms with Crippen LogP contribution in [0.3, 0.4) is 0 Å². The molecule has 0 bridgehead atoms. The molecule has 0 fully saturated rings. The van der Waals surface area contributed by atoms with Crippen LogP contribution in [-0.4, -0.2) is 19.1 Å². The van der Waals surface area contributed by atoms with Crippen molar-refractivity contribution in [3.05, 3.63) is 29.3 Å². The van der Waals surface area contributed by atoms with Crippen LogP contribution < -0.4 is 10.1 Å². The Hall–Kier alpha value is -2.28. The number of pyridine rings is 1. The predicted molar refractivity (Wildman–Crippen MR) is 67.3 cm³/mol. The van der Waals surface area contributed by atoms with Crippen molar-refractivity contribution in [1.82, 2.24) is 4.98 Å². The van der Waals surface area contributed by atoms with Crippen LogP contribution in [-0.2, 0) is 0 Å². The van der Waals surface area contributed by atoms with Gasteiger partial charge in [-0.1, -0.05) is 6.07 Å². The fourth-order valence-electron chi connectivity index (χ4n) is 1.87. The molecule has 0 atom stereocenters. The second-order valence-corrected chi connectivity index (χ2v) is 3.73. The van der Waals surface area contributed by atoms with Gasteiger partial charge < -0.3 is 10.1 Å². The van der Waals surface area contributed by atoms with Gasteiger partial charge in [0.1, 0.15) is 17.1 Å². The van der Waals surface area contributed by atoms with E-state index in [2.05, 4.69) is 16.4 Å². The molecule has 0 aliphatic carbocycles. The number of anilines is 1. The van der Waals surface area contributed by atoms with E-state index in [0.29, 0.717) is 17.1 Å². The van der Waals surface area contributed by atoms with Crippen molar-refractivity contribution < 1.29 is 4.74 Å². The molecule has 1 N–H and O–H groups in total. The summed E-state index contributed by atoms with van der Waals surface area (Å²) in [6, 6.07) is 7.75. The highest BCUT2D eigenvalue weighted by Gasteiger charge is 2.11. The number of methoxy groups -OCH3 is 1. The van der Waals surface area contributed by atoms with Crippen LogP contribution in [0.5, 0.6) is 5.75 Å². The fraction of sp³-hybridized carbons (Fsp3) is 0.231. The summed E-state index contributed by atoms with van der Waals surface area (Å²) in [4.78, 5) is 4.45. The molecule has 0 amide bonds. The maximum absolute atomic E-state index is 9.20. The molecule has 1 aromatic heterocycles. The lowest BCUT2D eigenvalue weighted by Gasteiger charge is -2.10. The minimum absolute atomic E-state index is 0.607. The van der Waals surface area contributed by atoms with Crippen LogP contribution in [0.4, 0.5) is 5.82 Å².